The average molecular weight is 400 g/mol. The number of nitrogens with zero attached hydrogens (tertiary/aromatic N) is 1. The van der Waals surface area contributed by atoms with Gasteiger partial charge in [0.1, 0.15) is 18.1 Å². The molecule has 4 unspecified atom stereocenters. The standard InChI is InChI=1S/C17H28N4O7/c1-8(2)13(20-14(24)10(18)7-12(22)23)15(25)19-9(3)16(26)21-6-4-5-11(21)17(27)28/h8-11,13H,4-7,18H2,1-3H3,(H,19,25)(H,20,24)(H,22,23)(H,27,28). The quantitative estimate of drug-likeness (QED) is 0.310. The molecule has 4 atom stereocenters. The van der Waals surface area contributed by atoms with Crippen molar-refractivity contribution in [3.8, 4) is 0 Å². The van der Waals surface area contributed by atoms with Gasteiger partial charge in [0.25, 0.3) is 0 Å². The highest BCUT2D eigenvalue weighted by Crippen LogP contribution is 2.18. The van der Waals surface area contributed by atoms with Crippen molar-refractivity contribution in [1.29, 1.82) is 0 Å². The van der Waals surface area contributed by atoms with Crippen molar-refractivity contribution in [3.05, 3.63) is 0 Å². The van der Waals surface area contributed by atoms with Crippen LogP contribution in [-0.2, 0) is 24.0 Å². The summed E-state index contributed by atoms with van der Waals surface area (Å²) in [6.45, 7) is 5.07. The minimum atomic E-state index is -1.31. The summed E-state index contributed by atoms with van der Waals surface area (Å²) in [7, 11) is 0. The normalized spacial score (nSPS) is 19.6. The summed E-state index contributed by atoms with van der Waals surface area (Å²) in [6.07, 6.45) is 0.335. The van der Waals surface area contributed by atoms with Gasteiger partial charge in [0.15, 0.2) is 0 Å². The highest BCUT2D eigenvalue weighted by Gasteiger charge is 2.37. The second-order valence-corrected chi connectivity index (χ2v) is 7.19. The lowest BCUT2D eigenvalue weighted by molar-refractivity contribution is -0.149. The number of nitrogens with one attached hydrogen (secondary N) is 2. The SMILES string of the molecule is CC(NC(=O)C(NC(=O)C(N)CC(=O)O)C(C)C)C(=O)N1CCCC1C(=O)O. The van der Waals surface area contributed by atoms with E-state index in [1.54, 1.807) is 13.8 Å². The zero-order chi connectivity index (χ0) is 21.6. The maximum absolute atomic E-state index is 12.5. The molecule has 158 valence electrons. The highest BCUT2D eigenvalue weighted by atomic mass is 16.4. The molecule has 3 amide bonds. The van der Waals surface area contributed by atoms with Crippen LogP contribution in [0.5, 0.6) is 0 Å². The summed E-state index contributed by atoms with van der Waals surface area (Å²) in [4.78, 5) is 60.2. The second kappa shape index (κ2) is 10.0. The Balaban J connectivity index is 2.75. The van der Waals surface area contributed by atoms with Gasteiger partial charge in [-0.15, -0.1) is 0 Å². The first-order chi connectivity index (χ1) is 13.0. The van der Waals surface area contributed by atoms with Crippen molar-refractivity contribution in [1.82, 2.24) is 15.5 Å². The minimum absolute atomic E-state index is 0.296. The van der Waals surface area contributed by atoms with Crippen molar-refractivity contribution in [2.75, 3.05) is 6.54 Å². The molecule has 0 aromatic heterocycles. The van der Waals surface area contributed by atoms with Crippen LogP contribution in [0.4, 0.5) is 0 Å². The summed E-state index contributed by atoms with van der Waals surface area (Å²) in [6, 6.07) is -4.25. The number of carbonyl (C=O) groups excluding carboxylic acids is 3. The van der Waals surface area contributed by atoms with Crippen LogP contribution < -0.4 is 16.4 Å². The molecule has 0 bridgehead atoms. The molecular weight excluding hydrogens is 372 g/mol. The van der Waals surface area contributed by atoms with Crippen LogP contribution in [0.25, 0.3) is 0 Å². The number of carbonyl (C=O) groups is 5. The zero-order valence-corrected chi connectivity index (χ0v) is 16.2. The van der Waals surface area contributed by atoms with E-state index in [9.17, 15) is 29.1 Å². The maximum Gasteiger partial charge on any atom is 0.326 e. The van der Waals surface area contributed by atoms with Gasteiger partial charge >= 0.3 is 11.9 Å². The molecule has 11 nitrogen and oxygen atoms in total. The van der Waals surface area contributed by atoms with E-state index < -0.39 is 60.2 Å². The molecule has 0 aliphatic carbocycles. The van der Waals surface area contributed by atoms with Gasteiger partial charge in [-0.25, -0.2) is 4.79 Å². The van der Waals surface area contributed by atoms with Crippen molar-refractivity contribution >= 4 is 29.7 Å². The van der Waals surface area contributed by atoms with Crippen LogP contribution in [0.3, 0.4) is 0 Å². The average Bonchev–Trinajstić information content (AvgIpc) is 3.07. The van der Waals surface area contributed by atoms with Gasteiger partial charge < -0.3 is 31.5 Å². The molecule has 1 saturated heterocycles. The van der Waals surface area contributed by atoms with E-state index in [0.29, 0.717) is 19.4 Å². The topological polar surface area (TPSA) is 179 Å². The predicted molar refractivity (Wildman–Crippen MR) is 97.0 cm³/mol. The molecule has 1 heterocycles. The predicted octanol–water partition coefficient (Wildman–Crippen LogP) is -1.49. The van der Waals surface area contributed by atoms with E-state index >= 15 is 0 Å². The Hall–Kier alpha value is -2.69. The first kappa shape index (κ1) is 23.3. The van der Waals surface area contributed by atoms with Crippen LogP contribution in [0.15, 0.2) is 0 Å². The van der Waals surface area contributed by atoms with E-state index in [1.807, 2.05) is 0 Å². The molecule has 1 aliphatic rings. The lowest BCUT2D eigenvalue weighted by atomic mass is 10.0. The fourth-order valence-corrected chi connectivity index (χ4v) is 2.98. The number of carboxylic acid groups (broad SMARTS) is 2. The first-order valence-electron chi connectivity index (χ1n) is 9.07. The number of rotatable bonds is 9. The third-order valence-corrected chi connectivity index (χ3v) is 4.53. The molecule has 1 aliphatic heterocycles. The smallest absolute Gasteiger partial charge is 0.326 e. The Morgan fingerprint density at radius 1 is 1.07 bits per heavy atom. The van der Waals surface area contributed by atoms with Crippen LogP contribution in [-0.4, -0.2) is 75.5 Å². The Kier molecular flexibility index (Phi) is 8.35. The Labute approximate surface area is 162 Å². The fraction of sp³-hybridized carbons (Fsp3) is 0.706. The van der Waals surface area contributed by atoms with Crippen LogP contribution >= 0.6 is 0 Å². The third-order valence-electron chi connectivity index (χ3n) is 4.53. The fourth-order valence-electron chi connectivity index (χ4n) is 2.98. The van der Waals surface area contributed by atoms with E-state index in [4.69, 9.17) is 10.8 Å². The number of carboxylic acids is 2. The number of likely N-dealkylation sites (tertiary alicyclic amines) is 1. The van der Waals surface area contributed by atoms with E-state index in [-0.39, 0.29) is 5.92 Å². The van der Waals surface area contributed by atoms with Gasteiger partial charge in [0, 0.05) is 6.54 Å². The largest absolute Gasteiger partial charge is 0.481 e. The number of nitrogens with two attached hydrogens (primary N) is 1. The van der Waals surface area contributed by atoms with Crippen molar-refractivity contribution in [2.45, 2.75) is 64.2 Å². The zero-order valence-electron chi connectivity index (χ0n) is 16.2. The molecule has 0 radical (unpaired) electrons. The molecule has 0 aromatic rings. The van der Waals surface area contributed by atoms with Gasteiger partial charge in [0.05, 0.1) is 12.5 Å². The van der Waals surface area contributed by atoms with E-state index in [2.05, 4.69) is 10.6 Å². The summed E-state index contributed by atoms with van der Waals surface area (Å²) < 4.78 is 0. The number of aliphatic carboxylic acids is 2. The molecule has 28 heavy (non-hydrogen) atoms. The lowest BCUT2D eigenvalue weighted by Gasteiger charge is -2.28. The monoisotopic (exact) mass is 400 g/mol. The Morgan fingerprint density at radius 2 is 1.68 bits per heavy atom. The van der Waals surface area contributed by atoms with Crippen molar-refractivity contribution in [2.24, 2.45) is 11.7 Å². The maximum atomic E-state index is 12.5. The highest BCUT2D eigenvalue weighted by molar-refractivity contribution is 5.94. The molecule has 0 aromatic carbocycles. The van der Waals surface area contributed by atoms with Gasteiger partial charge in [-0.1, -0.05) is 13.8 Å². The molecule has 1 rings (SSSR count). The van der Waals surface area contributed by atoms with Crippen molar-refractivity contribution in [3.63, 3.8) is 0 Å². The van der Waals surface area contributed by atoms with E-state index in [0.717, 1.165) is 0 Å². The first-order valence-corrected chi connectivity index (χ1v) is 9.07. The lowest BCUT2D eigenvalue weighted by Crippen LogP contribution is -2.57. The van der Waals surface area contributed by atoms with Gasteiger partial charge in [-0.05, 0) is 25.7 Å². The van der Waals surface area contributed by atoms with Crippen LogP contribution in [0.1, 0.15) is 40.0 Å². The third kappa shape index (κ3) is 6.19. The summed E-state index contributed by atoms with van der Waals surface area (Å²) in [5.74, 6) is -4.65. The van der Waals surface area contributed by atoms with Crippen LogP contribution in [0.2, 0.25) is 0 Å². The van der Waals surface area contributed by atoms with Crippen molar-refractivity contribution < 1.29 is 34.2 Å². The Bertz CT molecular complexity index is 637. The second-order valence-electron chi connectivity index (χ2n) is 7.19. The summed E-state index contributed by atoms with van der Waals surface area (Å²) in [5.41, 5.74) is 5.50. The van der Waals surface area contributed by atoms with Crippen LogP contribution in [0, 0.1) is 5.92 Å². The number of hydrogen-bond donors (Lipinski definition) is 5. The minimum Gasteiger partial charge on any atom is -0.481 e. The molecular formula is C17H28N4O7. The summed E-state index contributed by atoms with van der Waals surface area (Å²) >= 11 is 0. The number of amides is 3. The molecule has 11 heteroatoms. The molecule has 1 fully saturated rings. The van der Waals surface area contributed by atoms with Gasteiger partial charge in [-0.2, -0.15) is 0 Å². The van der Waals surface area contributed by atoms with Gasteiger partial charge in [-0.3, -0.25) is 19.2 Å². The Morgan fingerprint density at radius 3 is 2.18 bits per heavy atom. The molecule has 0 saturated carbocycles. The molecule has 0 spiro atoms. The number of hydrogen-bond acceptors (Lipinski definition) is 6. The van der Waals surface area contributed by atoms with E-state index in [1.165, 1.54) is 11.8 Å². The van der Waals surface area contributed by atoms with Gasteiger partial charge in [0.2, 0.25) is 17.7 Å². The summed E-state index contributed by atoms with van der Waals surface area (Å²) in [5, 5.41) is 22.8. The molecule has 6 N–H and O–H groups in total.